The molecule has 13 rings (SSSR count). The van der Waals surface area contributed by atoms with Crippen molar-refractivity contribution < 1.29 is 67.5 Å². The van der Waals surface area contributed by atoms with Gasteiger partial charge in [0.25, 0.3) is 0 Å². The Morgan fingerprint density at radius 1 is 0.425 bits per heavy atom. The molecule has 4 fully saturated rings. The second-order valence-corrected chi connectivity index (χ2v) is 30.9. The number of hydrogen-bond acceptors (Lipinski definition) is 9. The molecule has 3 aliphatic heterocycles. The monoisotopic (exact) mass is 1670 g/mol. The van der Waals surface area contributed by atoms with Gasteiger partial charge in [-0.15, -0.1) is 0 Å². The van der Waals surface area contributed by atoms with Gasteiger partial charge in [0.2, 0.25) is 5.92 Å². The molecule has 5 N–H and O–H groups in total. The van der Waals surface area contributed by atoms with Crippen molar-refractivity contribution in [2.24, 2.45) is 7.05 Å². The van der Waals surface area contributed by atoms with E-state index in [2.05, 4.69) is 77.7 Å². The number of unbranched alkanes of at least 4 members (excludes halogenated alkanes) is 1. The number of halogens is 11. The minimum Gasteiger partial charge on any atom is -0.335 e. The lowest BCUT2D eigenvalue weighted by molar-refractivity contribution is -0.138. The molecule has 8 amide bonds. The van der Waals surface area contributed by atoms with E-state index < -0.39 is 53.2 Å². The van der Waals surface area contributed by atoms with E-state index in [1.165, 1.54) is 36.0 Å². The van der Waals surface area contributed by atoms with E-state index in [0.717, 1.165) is 187 Å². The molecule has 0 spiro atoms. The first-order valence-corrected chi connectivity index (χ1v) is 40.9. The smallest absolute Gasteiger partial charge is 0.335 e. The van der Waals surface area contributed by atoms with E-state index in [9.17, 15) is 67.5 Å². The van der Waals surface area contributed by atoms with Crippen molar-refractivity contribution in [1.29, 1.82) is 0 Å². The molecule has 29 heteroatoms. The Hall–Kier alpha value is -10.9. The van der Waals surface area contributed by atoms with Crippen LogP contribution in [0.4, 0.5) is 90.2 Å². The van der Waals surface area contributed by atoms with Gasteiger partial charge in [-0.3, -0.25) is 14.6 Å². The quantitative estimate of drug-likeness (QED) is 0.0390. The maximum atomic E-state index is 13.2. The van der Waals surface area contributed by atoms with Gasteiger partial charge >= 0.3 is 42.7 Å². The first kappa shape index (κ1) is 91.4. The average Bonchev–Trinajstić information content (AvgIpc) is 1.03. The highest BCUT2D eigenvalue weighted by atomic mass is 19.4. The van der Waals surface area contributed by atoms with Crippen LogP contribution in [0.2, 0.25) is 0 Å². The molecule has 0 radical (unpaired) electrons. The summed E-state index contributed by atoms with van der Waals surface area (Å²) in [4.78, 5) is 67.2. The van der Waals surface area contributed by atoms with Crippen LogP contribution in [0, 0.1) is 0 Å². The van der Waals surface area contributed by atoms with E-state index in [-0.39, 0.29) is 66.3 Å². The van der Waals surface area contributed by atoms with Crippen molar-refractivity contribution in [2.75, 3.05) is 73.6 Å². The van der Waals surface area contributed by atoms with Gasteiger partial charge in [0.1, 0.15) is 0 Å². The van der Waals surface area contributed by atoms with Crippen molar-refractivity contribution in [1.82, 2.24) is 49.5 Å². The number of piperidine rings is 3. The summed E-state index contributed by atoms with van der Waals surface area (Å²) in [5.74, 6) is -2.72. The molecule has 1 aliphatic carbocycles. The standard InChI is InChI=1S/C24H28F5N3O.C23H29F3N4O.C23H27N5O.C21H23F3N2O/c1-23(25,26)12-15-31-13-10-21(11-14-31)32(17-18-6-3-2-4-7-18)22(33)30-20-9-5-8-19(16-20)24(27,28)29;1-2-3-11-29-12-9-21(10-13-29)30(17-18-7-5-4-6-8-18)22(31)28-20-14-19(15-27-16-20)23(24,25)26;1-27-22(10-13-24-27)19-8-5-9-21(16-19)26-23(29)25-20-11-14-28(15-12-20)17-18-6-3-2-4-7-18;22-21(23,24)17-10-7-11-18(14-17)25-20(27)26(19-12-5-2-6-13-19)15-16-8-3-1-4-9-16/h2-9,16,21H,10-15,17H2,1H3,(H,30,33);4-8,14-16,21H,2-3,9-13,17H2,1H3,(H,28,31);2-10,13,16,20H,11-12,14-15,17H2,1H3,(H2,25,26,29);1,3-4,7-11,14,19H,2,5-6,12-13,15H2,(H,25,27). The number of nitrogens with one attached hydrogen (secondary N) is 5. The van der Waals surface area contributed by atoms with E-state index >= 15 is 0 Å². The lowest BCUT2D eigenvalue weighted by atomic mass is 9.94. The molecule has 5 heterocycles. The van der Waals surface area contributed by atoms with E-state index in [1.54, 1.807) is 20.9 Å². The maximum Gasteiger partial charge on any atom is 0.417 e. The summed E-state index contributed by atoms with van der Waals surface area (Å²) in [6.07, 6.45) is 2.31. The zero-order chi connectivity index (χ0) is 85.7. The Labute approximate surface area is 694 Å². The van der Waals surface area contributed by atoms with Gasteiger partial charge in [-0.05, 0) is 154 Å². The average molecular weight is 1670 g/mol. The molecule has 642 valence electrons. The van der Waals surface area contributed by atoms with Gasteiger partial charge in [-0.1, -0.05) is 178 Å². The number of carbonyl (C=O) groups is 4. The number of nitrogens with zero attached hydrogens (tertiary/aromatic N) is 9. The number of hydrogen-bond donors (Lipinski definition) is 5. The van der Waals surface area contributed by atoms with Gasteiger partial charge in [0.15, 0.2) is 0 Å². The number of anilines is 4. The number of aromatic nitrogens is 3. The second-order valence-electron chi connectivity index (χ2n) is 30.9. The molecule has 3 saturated heterocycles. The molecule has 18 nitrogen and oxygen atoms in total. The zero-order valence-electron chi connectivity index (χ0n) is 67.9. The predicted octanol–water partition coefficient (Wildman–Crippen LogP) is 21.6. The summed E-state index contributed by atoms with van der Waals surface area (Å²) in [6, 6.07) is 57.9. The summed E-state index contributed by atoms with van der Waals surface area (Å²) in [5.41, 5.74) is 4.80. The summed E-state index contributed by atoms with van der Waals surface area (Å²) < 4.78 is 145. The first-order chi connectivity index (χ1) is 57.5. The van der Waals surface area contributed by atoms with Crippen LogP contribution in [0.1, 0.15) is 143 Å². The molecule has 0 bridgehead atoms. The van der Waals surface area contributed by atoms with Gasteiger partial charge < -0.3 is 51.1 Å². The number of carbonyl (C=O) groups excluding carboxylic acids is 4. The molecule has 1 saturated carbocycles. The minimum atomic E-state index is -4.51. The number of urea groups is 4. The SMILES string of the molecule is CC(F)(F)CCN1CCC(N(Cc2ccccc2)C(=O)Nc2cccc(C(F)(F)F)c2)CC1.CCCCN1CCC(N(Cc2ccccc2)C(=O)Nc2cncc(C(F)(F)F)c2)CC1.Cn1nccc1-c1cccc(NC(=O)NC2CCN(Cc3ccccc3)CC2)c1.O=C(Nc1cccc(C(F)(F)F)c1)N(Cc1ccccc1)C1CCCCC1. The number of alkyl halides is 11. The molecule has 2 aromatic heterocycles. The van der Waals surface area contributed by atoms with Crippen LogP contribution in [-0.2, 0) is 51.8 Å². The third-order valence-electron chi connectivity index (χ3n) is 21.7. The van der Waals surface area contributed by atoms with E-state index in [4.69, 9.17) is 0 Å². The lowest BCUT2D eigenvalue weighted by Crippen LogP contribution is -2.48. The van der Waals surface area contributed by atoms with Crippen LogP contribution in [0.5, 0.6) is 0 Å². The fraction of sp³-hybridized carbons (Fsp3) is 0.407. The maximum absolute atomic E-state index is 13.2. The van der Waals surface area contributed by atoms with Gasteiger partial charge in [0.05, 0.1) is 34.3 Å². The van der Waals surface area contributed by atoms with Crippen LogP contribution in [-0.4, -0.2) is 151 Å². The molecule has 9 aromatic rings. The summed E-state index contributed by atoms with van der Waals surface area (Å²) in [5, 5.41) is 18.2. The number of pyridine rings is 1. The highest BCUT2D eigenvalue weighted by molar-refractivity contribution is 5.92. The summed E-state index contributed by atoms with van der Waals surface area (Å²) in [7, 11) is 1.91. The first-order valence-electron chi connectivity index (χ1n) is 40.9. The fourth-order valence-corrected chi connectivity index (χ4v) is 15.1. The molecule has 0 atom stereocenters. The fourth-order valence-electron chi connectivity index (χ4n) is 15.1. The molecule has 120 heavy (non-hydrogen) atoms. The van der Waals surface area contributed by atoms with Crippen LogP contribution < -0.4 is 26.6 Å². The largest absolute Gasteiger partial charge is 0.417 e. The van der Waals surface area contributed by atoms with Crippen LogP contribution in [0.3, 0.4) is 0 Å². The highest BCUT2D eigenvalue weighted by Crippen LogP contribution is 2.36. The van der Waals surface area contributed by atoms with Crippen LogP contribution in [0.15, 0.2) is 225 Å². The Balaban J connectivity index is 0.000000168. The lowest BCUT2D eigenvalue weighted by Gasteiger charge is -2.39. The minimum absolute atomic E-state index is 0.0249. The summed E-state index contributed by atoms with van der Waals surface area (Å²) in [6.45, 7) is 11.5. The molecule has 4 aliphatic rings. The molecular formula is C91H107F11N14O4. The third-order valence-corrected chi connectivity index (χ3v) is 21.7. The Bertz CT molecular complexity index is 4610. The van der Waals surface area contributed by atoms with Crippen molar-refractivity contribution in [3.63, 3.8) is 0 Å². The molecule has 7 aromatic carbocycles. The molecule has 0 unspecified atom stereocenters. The second kappa shape index (κ2) is 44.4. The Morgan fingerprint density at radius 2 is 0.833 bits per heavy atom. The van der Waals surface area contributed by atoms with Crippen LogP contribution >= 0.6 is 0 Å². The van der Waals surface area contributed by atoms with Crippen molar-refractivity contribution in [3.05, 3.63) is 264 Å². The Morgan fingerprint density at radius 3 is 1.27 bits per heavy atom. The van der Waals surface area contributed by atoms with Crippen molar-refractivity contribution in [3.8, 4) is 11.3 Å². The van der Waals surface area contributed by atoms with Crippen molar-refractivity contribution >= 4 is 46.9 Å². The van der Waals surface area contributed by atoms with Gasteiger partial charge in [-0.25, -0.2) is 28.0 Å². The number of benzene rings is 7. The predicted molar refractivity (Wildman–Crippen MR) is 447 cm³/mol. The topological polar surface area (TPSA) is 179 Å². The summed E-state index contributed by atoms with van der Waals surface area (Å²) >= 11 is 0. The Kier molecular flexibility index (Phi) is 33.8. The normalized spacial score (nSPS) is 15.6. The number of rotatable bonds is 23. The number of amides is 8. The zero-order valence-corrected chi connectivity index (χ0v) is 67.9. The van der Waals surface area contributed by atoms with Gasteiger partial charge in [0, 0.05) is 145 Å². The van der Waals surface area contributed by atoms with Crippen LogP contribution in [0.25, 0.3) is 11.3 Å². The van der Waals surface area contributed by atoms with E-state index in [1.807, 2.05) is 144 Å². The third kappa shape index (κ3) is 29.8. The van der Waals surface area contributed by atoms with Gasteiger partial charge in [-0.2, -0.15) is 44.6 Å². The number of likely N-dealkylation sites (tertiary alicyclic amines) is 3. The van der Waals surface area contributed by atoms with E-state index in [0.29, 0.717) is 45.6 Å². The number of aryl methyl sites for hydroxylation is 1. The molecular weight excluding hydrogens is 1560 g/mol. The highest BCUT2D eigenvalue weighted by Gasteiger charge is 2.37. The van der Waals surface area contributed by atoms with Crippen molar-refractivity contribution in [2.45, 2.75) is 179 Å².